The monoisotopic (exact) mass is 636 g/mol. The number of rotatable bonds is 9. The van der Waals surface area contributed by atoms with Gasteiger partial charge in [-0.1, -0.05) is 18.2 Å². The SMILES string of the molecule is C1COCCN1.C1COCCN1.COc1ccc(/C=C\c2cc(OC)c(OC)c(OP(=O)(O)O)c2)cc1OP(=O)(O)O. The second kappa shape index (κ2) is 18.1. The Hall–Kier alpha value is -2.68. The molecule has 2 aromatic rings. The van der Waals surface area contributed by atoms with Crippen LogP contribution in [0.25, 0.3) is 12.2 Å². The lowest BCUT2D eigenvalue weighted by atomic mass is 10.1. The van der Waals surface area contributed by atoms with Crippen LogP contribution < -0.4 is 33.9 Å². The van der Waals surface area contributed by atoms with Gasteiger partial charge in [-0.05, 0) is 35.4 Å². The van der Waals surface area contributed by atoms with Gasteiger partial charge >= 0.3 is 15.6 Å². The summed E-state index contributed by atoms with van der Waals surface area (Å²) in [5.41, 5.74) is 0.927. The number of ether oxygens (including phenoxy) is 5. The maximum Gasteiger partial charge on any atom is 0.524 e. The summed E-state index contributed by atoms with van der Waals surface area (Å²) in [6, 6.07) is 7.28. The summed E-state index contributed by atoms with van der Waals surface area (Å²) >= 11 is 0. The van der Waals surface area contributed by atoms with E-state index in [0.717, 1.165) is 52.6 Å². The summed E-state index contributed by atoms with van der Waals surface area (Å²) in [5, 5.41) is 6.32. The Morgan fingerprint density at radius 3 is 1.50 bits per heavy atom. The molecule has 2 aliphatic rings. The molecule has 0 saturated carbocycles. The first-order valence-corrected chi connectivity index (χ1v) is 15.7. The van der Waals surface area contributed by atoms with Crippen molar-refractivity contribution < 1.29 is 61.4 Å². The van der Waals surface area contributed by atoms with Crippen LogP contribution in [-0.4, -0.2) is 93.5 Å². The molecule has 0 spiro atoms. The molecular formula is C25H38N2O13P2. The zero-order valence-electron chi connectivity index (χ0n) is 23.6. The Labute approximate surface area is 244 Å². The number of phosphoric acid groups is 2. The van der Waals surface area contributed by atoms with E-state index in [0.29, 0.717) is 11.1 Å². The lowest BCUT2D eigenvalue weighted by Gasteiger charge is -2.15. The van der Waals surface area contributed by atoms with Gasteiger partial charge in [0.1, 0.15) is 0 Å². The molecule has 6 N–H and O–H groups in total. The summed E-state index contributed by atoms with van der Waals surface area (Å²) in [4.78, 5) is 36.3. The van der Waals surface area contributed by atoms with Gasteiger partial charge in [0.15, 0.2) is 23.0 Å². The summed E-state index contributed by atoms with van der Waals surface area (Å²) in [7, 11) is -5.69. The van der Waals surface area contributed by atoms with Gasteiger partial charge < -0.3 is 43.4 Å². The number of phosphoric ester groups is 2. The van der Waals surface area contributed by atoms with E-state index in [4.69, 9.17) is 43.3 Å². The van der Waals surface area contributed by atoms with Crippen molar-refractivity contribution in [2.75, 3.05) is 73.9 Å². The number of nitrogens with one attached hydrogen (secondary N) is 2. The van der Waals surface area contributed by atoms with Crippen LogP contribution >= 0.6 is 15.6 Å². The van der Waals surface area contributed by atoms with E-state index in [1.165, 1.54) is 39.5 Å². The van der Waals surface area contributed by atoms with Crippen molar-refractivity contribution in [3.63, 3.8) is 0 Å². The van der Waals surface area contributed by atoms with Gasteiger partial charge in [-0.2, -0.15) is 0 Å². The van der Waals surface area contributed by atoms with E-state index in [-0.39, 0.29) is 28.7 Å². The van der Waals surface area contributed by atoms with Gasteiger partial charge in [-0.25, -0.2) is 9.13 Å². The Morgan fingerprint density at radius 1 is 0.643 bits per heavy atom. The molecule has 0 bridgehead atoms. The minimum atomic E-state index is -4.85. The number of hydrogen-bond donors (Lipinski definition) is 6. The van der Waals surface area contributed by atoms with Crippen molar-refractivity contribution in [3.8, 4) is 28.7 Å². The molecule has 2 fully saturated rings. The maximum absolute atomic E-state index is 11.2. The summed E-state index contributed by atoms with van der Waals surface area (Å²) in [5.74, 6) is -0.0991. The van der Waals surface area contributed by atoms with Crippen LogP contribution in [0.15, 0.2) is 30.3 Å². The second-order valence-corrected chi connectivity index (χ2v) is 10.7. The third kappa shape index (κ3) is 14.0. The molecule has 15 nitrogen and oxygen atoms in total. The molecule has 0 atom stereocenters. The Morgan fingerprint density at radius 2 is 1.10 bits per heavy atom. The largest absolute Gasteiger partial charge is 0.524 e. The van der Waals surface area contributed by atoms with Crippen LogP contribution in [0.1, 0.15) is 11.1 Å². The number of morpholine rings is 2. The molecule has 0 aromatic heterocycles. The first-order valence-electron chi connectivity index (χ1n) is 12.6. The lowest BCUT2D eigenvalue weighted by Crippen LogP contribution is -2.30. The molecule has 42 heavy (non-hydrogen) atoms. The van der Waals surface area contributed by atoms with Crippen LogP contribution in [0.5, 0.6) is 28.7 Å². The highest BCUT2D eigenvalue weighted by molar-refractivity contribution is 7.47. The van der Waals surface area contributed by atoms with Crippen molar-refractivity contribution in [2.45, 2.75) is 0 Å². The van der Waals surface area contributed by atoms with Crippen LogP contribution in [0, 0.1) is 0 Å². The molecule has 0 radical (unpaired) electrons. The molecule has 0 unspecified atom stereocenters. The smallest absolute Gasteiger partial charge is 0.493 e. The van der Waals surface area contributed by atoms with Gasteiger partial charge in [-0.3, -0.25) is 19.6 Å². The van der Waals surface area contributed by atoms with Gasteiger partial charge in [0.2, 0.25) is 5.75 Å². The van der Waals surface area contributed by atoms with Gasteiger partial charge in [0, 0.05) is 26.2 Å². The molecule has 0 aliphatic carbocycles. The maximum atomic E-state index is 11.2. The second-order valence-electron chi connectivity index (χ2n) is 8.39. The van der Waals surface area contributed by atoms with Crippen LogP contribution in [0.3, 0.4) is 0 Å². The standard InChI is InChI=1S/C17H20O11P2.2C4H9NO/c1-24-13-7-6-11(8-14(13)27-29(18,19)20)4-5-12-9-15(25-2)17(26-3)16(10-12)28-30(21,22)23;2*1-3-6-4-2-5-1/h4-10H,1-3H3,(H2,18,19,20)(H2,21,22,23);2*5H,1-4H2/b5-4-;;. The highest BCUT2D eigenvalue weighted by Crippen LogP contribution is 2.47. The minimum Gasteiger partial charge on any atom is -0.493 e. The van der Waals surface area contributed by atoms with Crippen molar-refractivity contribution in [1.82, 2.24) is 10.6 Å². The lowest BCUT2D eigenvalue weighted by molar-refractivity contribution is 0.109. The van der Waals surface area contributed by atoms with E-state index in [2.05, 4.69) is 19.7 Å². The van der Waals surface area contributed by atoms with Crippen LogP contribution in [0.2, 0.25) is 0 Å². The fourth-order valence-electron chi connectivity index (χ4n) is 3.46. The van der Waals surface area contributed by atoms with Crippen molar-refractivity contribution >= 4 is 27.8 Å². The normalized spacial score (nSPS) is 15.4. The van der Waals surface area contributed by atoms with E-state index in [1.54, 1.807) is 24.3 Å². The molecule has 0 amide bonds. The Kier molecular flexibility index (Phi) is 15.3. The van der Waals surface area contributed by atoms with Gasteiger partial charge in [0.25, 0.3) is 0 Å². The Bertz CT molecular complexity index is 1190. The first-order chi connectivity index (χ1) is 20.0. The first kappa shape index (κ1) is 35.5. The van der Waals surface area contributed by atoms with E-state index >= 15 is 0 Å². The fraction of sp³-hybridized carbons (Fsp3) is 0.440. The summed E-state index contributed by atoms with van der Waals surface area (Å²) < 4.78 is 57.0. The highest BCUT2D eigenvalue weighted by Gasteiger charge is 2.22. The number of hydrogen-bond acceptors (Lipinski definition) is 11. The highest BCUT2D eigenvalue weighted by atomic mass is 31.2. The van der Waals surface area contributed by atoms with Gasteiger partial charge in [-0.15, -0.1) is 0 Å². The Balaban J connectivity index is 0.000000418. The zero-order valence-corrected chi connectivity index (χ0v) is 25.3. The topological polar surface area (TPSA) is 204 Å². The summed E-state index contributed by atoms with van der Waals surface area (Å²) in [6.07, 6.45) is 3.12. The predicted octanol–water partition coefficient (Wildman–Crippen LogP) is 2.04. The molecule has 2 heterocycles. The third-order valence-electron chi connectivity index (χ3n) is 5.25. The average Bonchev–Trinajstić information content (AvgIpc) is 2.96. The molecule has 4 rings (SSSR count). The molecule has 2 aliphatic heterocycles. The zero-order chi connectivity index (χ0) is 31.0. The molecule has 236 valence electrons. The minimum absolute atomic E-state index is 0.000229. The van der Waals surface area contributed by atoms with E-state index in [9.17, 15) is 9.13 Å². The molecule has 2 saturated heterocycles. The van der Waals surface area contributed by atoms with E-state index in [1.807, 2.05) is 0 Å². The summed E-state index contributed by atoms with van der Waals surface area (Å²) in [6.45, 7) is 7.67. The third-order valence-corrected chi connectivity index (χ3v) is 6.12. The quantitative estimate of drug-likeness (QED) is 0.172. The molecular weight excluding hydrogens is 598 g/mol. The fourth-order valence-corrected chi connectivity index (χ4v) is 4.25. The van der Waals surface area contributed by atoms with Crippen molar-refractivity contribution in [1.29, 1.82) is 0 Å². The van der Waals surface area contributed by atoms with Crippen molar-refractivity contribution in [2.24, 2.45) is 0 Å². The van der Waals surface area contributed by atoms with Gasteiger partial charge in [0.05, 0.1) is 47.8 Å². The number of methoxy groups -OCH3 is 3. The average molecular weight is 637 g/mol. The molecule has 2 aromatic carbocycles. The van der Waals surface area contributed by atoms with E-state index < -0.39 is 15.6 Å². The van der Waals surface area contributed by atoms with Crippen molar-refractivity contribution in [3.05, 3.63) is 41.5 Å². The van der Waals surface area contributed by atoms with Crippen LogP contribution in [0.4, 0.5) is 0 Å². The number of benzene rings is 2. The predicted molar refractivity (Wildman–Crippen MR) is 154 cm³/mol. The molecule has 17 heteroatoms. The van der Waals surface area contributed by atoms with Crippen LogP contribution in [-0.2, 0) is 18.6 Å².